The molecule has 140 valence electrons. The Hall–Kier alpha value is -3.66. The minimum atomic E-state index is -4.67. The minimum Gasteiger partial charge on any atom is -0.508 e. The summed E-state index contributed by atoms with van der Waals surface area (Å²) in [6.45, 7) is 0. The zero-order valence-electron chi connectivity index (χ0n) is 14.2. The molecule has 4 rings (SSSR count). The van der Waals surface area contributed by atoms with Gasteiger partial charge >= 0.3 is 6.18 Å². The third-order valence-electron chi connectivity index (χ3n) is 4.70. The lowest BCUT2D eigenvalue weighted by Crippen LogP contribution is -2.09. The summed E-state index contributed by atoms with van der Waals surface area (Å²) in [7, 11) is 0. The molecule has 1 aromatic heterocycles. The van der Waals surface area contributed by atoms with Crippen molar-refractivity contribution in [1.29, 1.82) is 5.26 Å². The van der Waals surface area contributed by atoms with Gasteiger partial charge in [0.05, 0.1) is 23.3 Å². The van der Waals surface area contributed by atoms with E-state index in [1.807, 2.05) is 6.07 Å². The Labute approximate surface area is 157 Å². The number of rotatable bonds is 2. The fourth-order valence-corrected chi connectivity index (χ4v) is 3.52. The van der Waals surface area contributed by atoms with E-state index >= 15 is 0 Å². The Morgan fingerprint density at radius 1 is 1.00 bits per heavy atom. The summed E-state index contributed by atoms with van der Waals surface area (Å²) in [5.74, 6) is -1.13. The van der Waals surface area contributed by atoms with Crippen LogP contribution in [-0.2, 0) is 6.18 Å². The van der Waals surface area contributed by atoms with Crippen molar-refractivity contribution in [2.75, 3.05) is 0 Å². The van der Waals surface area contributed by atoms with E-state index in [4.69, 9.17) is 4.42 Å². The Bertz CT molecular complexity index is 1140. The molecule has 0 amide bonds. The van der Waals surface area contributed by atoms with Gasteiger partial charge < -0.3 is 14.6 Å². The number of hydrogen-bond acceptors (Lipinski definition) is 4. The molecule has 0 spiro atoms. The van der Waals surface area contributed by atoms with Crippen LogP contribution in [0.5, 0.6) is 11.5 Å². The van der Waals surface area contributed by atoms with Crippen LogP contribution in [-0.4, -0.2) is 10.2 Å². The van der Waals surface area contributed by atoms with E-state index in [9.17, 15) is 28.6 Å². The molecule has 1 atom stereocenters. The SMILES string of the molecule is N#Cc1ccoc1C1C(c2ccc(O)cc2)=Cc2c1cc(O)cc2C(F)(F)F. The number of halogens is 3. The minimum absolute atomic E-state index is 0.0146. The van der Waals surface area contributed by atoms with Crippen LogP contribution in [0.1, 0.15) is 39.5 Å². The zero-order valence-corrected chi connectivity index (χ0v) is 14.2. The molecule has 1 aliphatic rings. The van der Waals surface area contributed by atoms with E-state index in [0.29, 0.717) is 17.2 Å². The second kappa shape index (κ2) is 6.20. The molecule has 0 saturated carbocycles. The maximum absolute atomic E-state index is 13.6. The molecular formula is C21H12F3NO3. The maximum atomic E-state index is 13.6. The van der Waals surface area contributed by atoms with Crippen molar-refractivity contribution in [3.05, 3.63) is 82.3 Å². The van der Waals surface area contributed by atoms with Gasteiger partial charge in [0.25, 0.3) is 0 Å². The zero-order chi connectivity index (χ0) is 20.1. The molecule has 1 aliphatic carbocycles. The summed E-state index contributed by atoms with van der Waals surface area (Å²) in [5.41, 5.74) is 0.371. The molecule has 0 saturated heterocycles. The molecule has 28 heavy (non-hydrogen) atoms. The molecule has 1 heterocycles. The topological polar surface area (TPSA) is 77.4 Å². The highest BCUT2D eigenvalue weighted by atomic mass is 19.4. The lowest BCUT2D eigenvalue weighted by atomic mass is 9.87. The van der Waals surface area contributed by atoms with Gasteiger partial charge in [0.2, 0.25) is 0 Å². The Morgan fingerprint density at radius 2 is 1.71 bits per heavy atom. The van der Waals surface area contributed by atoms with Crippen LogP contribution >= 0.6 is 0 Å². The van der Waals surface area contributed by atoms with Gasteiger partial charge in [0.15, 0.2) is 0 Å². The Balaban J connectivity index is 2.01. The fourth-order valence-electron chi connectivity index (χ4n) is 3.52. The summed E-state index contributed by atoms with van der Waals surface area (Å²) in [6.07, 6.45) is -1.98. The lowest BCUT2D eigenvalue weighted by Gasteiger charge is -2.17. The van der Waals surface area contributed by atoms with Crippen LogP contribution in [0.25, 0.3) is 11.6 Å². The number of allylic oxidation sites excluding steroid dienone is 1. The Morgan fingerprint density at radius 3 is 2.36 bits per heavy atom. The van der Waals surface area contributed by atoms with Gasteiger partial charge in [-0.3, -0.25) is 0 Å². The normalized spacial score (nSPS) is 15.8. The van der Waals surface area contributed by atoms with Crippen molar-refractivity contribution in [3.8, 4) is 17.6 Å². The van der Waals surface area contributed by atoms with E-state index in [2.05, 4.69) is 0 Å². The van der Waals surface area contributed by atoms with Gasteiger partial charge in [0, 0.05) is 0 Å². The van der Waals surface area contributed by atoms with Crippen LogP contribution in [0, 0.1) is 11.3 Å². The van der Waals surface area contributed by atoms with E-state index < -0.39 is 23.4 Å². The molecular weight excluding hydrogens is 371 g/mol. The number of aromatic hydroxyl groups is 2. The quantitative estimate of drug-likeness (QED) is 0.632. The molecule has 0 fully saturated rings. The highest BCUT2D eigenvalue weighted by molar-refractivity contribution is 5.94. The van der Waals surface area contributed by atoms with E-state index in [1.165, 1.54) is 36.6 Å². The van der Waals surface area contributed by atoms with Gasteiger partial charge in [-0.2, -0.15) is 18.4 Å². The second-order valence-electron chi connectivity index (χ2n) is 6.38. The van der Waals surface area contributed by atoms with Crippen molar-refractivity contribution in [1.82, 2.24) is 0 Å². The average molecular weight is 383 g/mol. The summed E-state index contributed by atoms with van der Waals surface area (Å²) < 4.78 is 46.2. The first-order valence-corrected chi connectivity index (χ1v) is 8.22. The molecule has 7 heteroatoms. The third-order valence-corrected chi connectivity index (χ3v) is 4.70. The van der Waals surface area contributed by atoms with E-state index in [-0.39, 0.29) is 28.2 Å². The largest absolute Gasteiger partial charge is 0.508 e. The number of fused-ring (bicyclic) bond motifs is 1. The molecule has 2 N–H and O–H groups in total. The highest BCUT2D eigenvalue weighted by Gasteiger charge is 2.40. The van der Waals surface area contributed by atoms with Gasteiger partial charge in [0.1, 0.15) is 23.3 Å². The average Bonchev–Trinajstić information content (AvgIpc) is 3.24. The number of nitrogens with zero attached hydrogens (tertiary/aromatic N) is 1. The fraction of sp³-hybridized carbons (Fsp3) is 0.0952. The number of phenols is 2. The predicted octanol–water partition coefficient (Wildman–Crippen LogP) is 5.27. The van der Waals surface area contributed by atoms with Gasteiger partial charge in [-0.25, -0.2) is 0 Å². The summed E-state index contributed by atoms with van der Waals surface area (Å²) in [6, 6.07) is 11.3. The summed E-state index contributed by atoms with van der Waals surface area (Å²) >= 11 is 0. The number of alkyl halides is 3. The molecule has 3 aromatic rings. The maximum Gasteiger partial charge on any atom is 0.417 e. The highest BCUT2D eigenvalue weighted by Crippen LogP contribution is 2.51. The molecule has 4 nitrogen and oxygen atoms in total. The summed E-state index contributed by atoms with van der Waals surface area (Å²) in [5, 5.41) is 28.8. The van der Waals surface area contributed by atoms with Crippen LogP contribution < -0.4 is 0 Å². The number of nitriles is 1. The first-order valence-electron chi connectivity index (χ1n) is 8.22. The second-order valence-corrected chi connectivity index (χ2v) is 6.38. The van der Waals surface area contributed by atoms with Crippen LogP contribution in [0.2, 0.25) is 0 Å². The third kappa shape index (κ3) is 2.79. The van der Waals surface area contributed by atoms with E-state index in [0.717, 1.165) is 0 Å². The van der Waals surface area contributed by atoms with Gasteiger partial charge in [-0.15, -0.1) is 0 Å². The molecule has 1 unspecified atom stereocenters. The lowest BCUT2D eigenvalue weighted by molar-refractivity contribution is -0.137. The standard InChI is InChI=1S/C21H12F3NO3/c22-21(23,24)18-8-14(27)7-17-16(18)9-15(11-1-3-13(26)4-2-11)19(17)20-12(10-25)5-6-28-20/h1-9,19,26-27H. The van der Waals surface area contributed by atoms with Gasteiger partial charge in [-0.1, -0.05) is 12.1 Å². The van der Waals surface area contributed by atoms with Crippen molar-refractivity contribution in [2.45, 2.75) is 12.1 Å². The molecule has 2 aromatic carbocycles. The number of benzene rings is 2. The van der Waals surface area contributed by atoms with Crippen molar-refractivity contribution < 1.29 is 27.8 Å². The van der Waals surface area contributed by atoms with Crippen LogP contribution in [0.15, 0.2) is 53.1 Å². The summed E-state index contributed by atoms with van der Waals surface area (Å²) in [4.78, 5) is 0. The van der Waals surface area contributed by atoms with Crippen LogP contribution in [0.3, 0.4) is 0 Å². The van der Waals surface area contributed by atoms with Crippen molar-refractivity contribution in [2.24, 2.45) is 0 Å². The molecule has 0 aliphatic heterocycles. The molecule has 0 radical (unpaired) electrons. The first kappa shape index (κ1) is 17.7. The first-order chi connectivity index (χ1) is 13.3. The Kier molecular flexibility index (Phi) is 3.93. The monoisotopic (exact) mass is 383 g/mol. The predicted molar refractivity (Wildman–Crippen MR) is 94.4 cm³/mol. The van der Waals surface area contributed by atoms with Crippen molar-refractivity contribution >= 4 is 11.6 Å². The van der Waals surface area contributed by atoms with Crippen molar-refractivity contribution in [3.63, 3.8) is 0 Å². The van der Waals surface area contributed by atoms with Gasteiger partial charge in [-0.05, 0) is 58.7 Å². The van der Waals surface area contributed by atoms with E-state index in [1.54, 1.807) is 12.1 Å². The number of hydrogen-bond donors (Lipinski definition) is 2. The number of furan rings is 1. The van der Waals surface area contributed by atoms with Crippen LogP contribution in [0.4, 0.5) is 13.2 Å². The number of phenolic OH excluding ortho intramolecular Hbond substituents is 2. The molecule has 0 bridgehead atoms. The smallest absolute Gasteiger partial charge is 0.417 e.